The lowest BCUT2D eigenvalue weighted by atomic mass is 10.1. The number of nitrogens with one attached hydrogen (secondary N) is 1. The normalized spacial score (nSPS) is 14.6. The van der Waals surface area contributed by atoms with E-state index in [0.717, 1.165) is 0 Å². The fraction of sp³-hybridized carbons (Fsp3) is 0.529. The van der Waals surface area contributed by atoms with Gasteiger partial charge in [-0.15, -0.1) is 0 Å². The van der Waals surface area contributed by atoms with Crippen LogP contribution < -0.4 is 5.32 Å². The number of aromatic nitrogens is 1. The summed E-state index contributed by atoms with van der Waals surface area (Å²) in [6.45, 7) is 5.68. The molecule has 0 bridgehead atoms. The maximum Gasteiger partial charge on any atom is 0.340 e. The Morgan fingerprint density at radius 3 is 2.83 bits per heavy atom. The maximum atomic E-state index is 12.0. The molecule has 6 nitrogen and oxygen atoms in total. The largest absolute Gasteiger partial charge is 0.462 e. The van der Waals surface area contributed by atoms with Crippen molar-refractivity contribution in [3.05, 3.63) is 22.9 Å². The van der Waals surface area contributed by atoms with Crippen LogP contribution in [0.5, 0.6) is 0 Å². The topological polar surface area (TPSA) is 92.1 Å². The first-order valence-corrected chi connectivity index (χ1v) is 8.95. The van der Waals surface area contributed by atoms with Gasteiger partial charge in [0.1, 0.15) is 11.1 Å². The first-order chi connectivity index (χ1) is 11.5. The number of rotatable bonds is 7. The molecule has 2 rings (SSSR count). The third-order valence-electron chi connectivity index (χ3n) is 3.85. The number of aryl methyl sites for hydroxylation is 1. The predicted octanol–water partition coefficient (Wildman–Crippen LogP) is 2.45. The molecule has 1 N–H and O–H groups in total. The zero-order valence-corrected chi connectivity index (χ0v) is 14.9. The minimum Gasteiger partial charge on any atom is -0.462 e. The van der Waals surface area contributed by atoms with Gasteiger partial charge in [0.2, 0.25) is 5.91 Å². The summed E-state index contributed by atoms with van der Waals surface area (Å²) >= 11 is 1.20. The Kier molecular flexibility index (Phi) is 6.21. The zero-order chi connectivity index (χ0) is 17.7. The number of hydrogen-bond donors (Lipinski definition) is 1. The molecule has 7 heteroatoms. The van der Waals surface area contributed by atoms with Gasteiger partial charge < -0.3 is 10.1 Å². The molecule has 1 aliphatic carbocycles. The van der Waals surface area contributed by atoms with Crippen LogP contribution in [0, 0.1) is 24.2 Å². The van der Waals surface area contributed by atoms with Crippen molar-refractivity contribution in [1.29, 1.82) is 5.26 Å². The summed E-state index contributed by atoms with van der Waals surface area (Å²) in [5.41, 5.74) is 1.04. The van der Waals surface area contributed by atoms with Crippen LogP contribution in [0.1, 0.15) is 48.3 Å². The van der Waals surface area contributed by atoms with Crippen molar-refractivity contribution in [2.75, 3.05) is 12.4 Å². The number of ether oxygens (including phenoxy) is 1. The lowest BCUT2D eigenvalue weighted by molar-refractivity contribution is -0.119. The van der Waals surface area contributed by atoms with Crippen molar-refractivity contribution >= 4 is 23.6 Å². The van der Waals surface area contributed by atoms with Crippen LogP contribution in [0.15, 0.2) is 11.1 Å². The molecule has 0 unspecified atom stereocenters. The number of hydrogen-bond acceptors (Lipinski definition) is 6. The summed E-state index contributed by atoms with van der Waals surface area (Å²) in [6, 6.07) is 3.70. The second kappa shape index (κ2) is 8.15. The van der Waals surface area contributed by atoms with E-state index in [9.17, 15) is 14.9 Å². The lowest BCUT2D eigenvalue weighted by Gasteiger charge is -2.13. The number of esters is 1. The van der Waals surface area contributed by atoms with Gasteiger partial charge in [-0.1, -0.05) is 11.8 Å². The molecular formula is C17H21N3O3S. The molecule has 1 aromatic rings. The molecule has 0 aromatic carbocycles. The Balaban J connectivity index is 2.04. The third-order valence-corrected chi connectivity index (χ3v) is 4.84. The standard InChI is InChI=1S/C17H21N3O3S/c1-4-23-17(22)14-7-13(8-18)16(20-11(14)3)24-9-15(21)19-10(2)12-5-6-12/h7,10,12H,4-6,9H2,1-3H3,(H,19,21)/t10-/m1/s1. The third kappa shape index (κ3) is 4.71. The molecule has 1 aromatic heterocycles. The number of thioether (sulfide) groups is 1. The van der Waals surface area contributed by atoms with Gasteiger partial charge in [0, 0.05) is 6.04 Å². The molecule has 1 amide bonds. The van der Waals surface area contributed by atoms with Crippen LogP contribution in [-0.4, -0.2) is 35.3 Å². The molecule has 1 atom stereocenters. The highest BCUT2D eigenvalue weighted by atomic mass is 32.2. The predicted molar refractivity (Wildman–Crippen MR) is 90.7 cm³/mol. The van der Waals surface area contributed by atoms with Gasteiger partial charge in [-0.3, -0.25) is 4.79 Å². The van der Waals surface area contributed by atoms with Crippen LogP contribution >= 0.6 is 11.8 Å². The second-order valence-electron chi connectivity index (χ2n) is 5.79. The molecule has 128 valence electrons. The summed E-state index contributed by atoms with van der Waals surface area (Å²) in [4.78, 5) is 28.2. The summed E-state index contributed by atoms with van der Waals surface area (Å²) in [7, 11) is 0. The molecule has 0 radical (unpaired) electrons. The van der Waals surface area contributed by atoms with Crippen LogP contribution in [0.2, 0.25) is 0 Å². The molecule has 1 heterocycles. The minimum atomic E-state index is -0.494. The van der Waals surface area contributed by atoms with E-state index >= 15 is 0 Å². The van der Waals surface area contributed by atoms with Crippen molar-refractivity contribution in [3.63, 3.8) is 0 Å². The Morgan fingerprint density at radius 2 is 2.25 bits per heavy atom. The quantitative estimate of drug-likeness (QED) is 0.602. The summed E-state index contributed by atoms with van der Waals surface area (Å²) in [6.07, 6.45) is 2.34. The van der Waals surface area contributed by atoms with E-state index in [4.69, 9.17) is 4.74 Å². The van der Waals surface area contributed by atoms with Crippen LogP contribution in [0.3, 0.4) is 0 Å². The molecule has 0 spiro atoms. The van der Waals surface area contributed by atoms with E-state index in [2.05, 4.69) is 10.3 Å². The van der Waals surface area contributed by atoms with E-state index in [1.165, 1.54) is 30.7 Å². The number of nitriles is 1. The monoisotopic (exact) mass is 347 g/mol. The molecule has 1 fully saturated rings. The highest BCUT2D eigenvalue weighted by Crippen LogP contribution is 2.32. The van der Waals surface area contributed by atoms with Crippen molar-refractivity contribution in [2.24, 2.45) is 5.92 Å². The Bertz CT molecular complexity index is 680. The molecule has 1 aliphatic rings. The Labute approximate surface area is 146 Å². The molecule has 1 saturated carbocycles. The smallest absolute Gasteiger partial charge is 0.340 e. The highest BCUT2D eigenvalue weighted by molar-refractivity contribution is 8.00. The first kappa shape index (κ1) is 18.3. The summed E-state index contributed by atoms with van der Waals surface area (Å²) < 4.78 is 4.96. The molecular weight excluding hydrogens is 326 g/mol. The average Bonchev–Trinajstić information content (AvgIpc) is 3.38. The van der Waals surface area contributed by atoms with E-state index in [1.807, 2.05) is 13.0 Å². The number of carbonyl (C=O) groups is 2. The van der Waals surface area contributed by atoms with Gasteiger partial charge >= 0.3 is 5.97 Å². The van der Waals surface area contributed by atoms with E-state index < -0.39 is 5.97 Å². The van der Waals surface area contributed by atoms with Gasteiger partial charge in [-0.25, -0.2) is 9.78 Å². The first-order valence-electron chi connectivity index (χ1n) is 7.97. The van der Waals surface area contributed by atoms with Crippen molar-refractivity contribution in [1.82, 2.24) is 10.3 Å². The number of pyridine rings is 1. The van der Waals surface area contributed by atoms with Crippen LogP contribution in [0.4, 0.5) is 0 Å². The minimum absolute atomic E-state index is 0.0720. The number of amides is 1. The Hall–Kier alpha value is -2.07. The summed E-state index contributed by atoms with van der Waals surface area (Å²) in [5.74, 6) is 0.221. The van der Waals surface area contributed by atoms with E-state index in [0.29, 0.717) is 16.6 Å². The fourth-order valence-electron chi connectivity index (χ4n) is 2.33. The van der Waals surface area contributed by atoms with Gasteiger partial charge in [0.15, 0.2) is 0 Å². The second-order valence-corrected chi connectivity index (χ2v) is 6.75. The Morgan fingerprint density at radius 1 is 1.54 bits per heavy atom. The summed E-state index contributed by atoms with van der Waals surface area (Å²) in [5, 5.41) is 12.7. The molecule has 0 aliphatic heterocycles. The van der Waals surface area contributed by atoms with Gasteiger partial charge in [0.25, 0.3) is 0 Å². The van der Waals surface area contributed by atoms with Crippen molar-refractivity contribution in [2.45, 2.75) is 44.7 Å². The van der Waals surface area contributed by atoms with Crippen molar-refractivity contribution < 1.29 is 14.3 Å². The zero-order valence-electron chi connectivity index (χ0n) is 14.1. The molecule has 0 saturated heterocycles. The van der Waals surface area contributed by atoms with E-state index in [1.54, 1.807) is 13.8 Å². The number of carbonyl (C=O) groups excluding carboxylic acids is 2. The highest BCUT2D eigenvalue weighted by Gasteiger charge is 2.28. The average molecular weight is 347 g/mol. The molecule has 24 heavy (non-hydrogen) atoms. The maximum absolute atomic E-state index is 12.0. The number of nitrogens with zero attached hydrogens (tertiary/aromatic N) is 2. The van der Waals surface area contributed by atoms with Gasteiger partial charge in [-0.05, 0) is 45.6 Å². The van der Waals surface area contributed by atoms with Crippen LogP contribution in [0.25, 0.3) is 0 Å². The van der Waals surface area contributed by atoms with Crippen LogP contribution in [-0.2, 0) is 9.53 Å². The lowest BCUT2D eigenvalue weighted by Crippen LogP contribution is -2.35. The fourth-order valence-corrected chi connectivity index (χ4v) is 3.15. The van der Waals surface area contributed by atoms with Gasteiger partial charge in [-0.2, -0.15) is 5.26 Å². The van der Waals surface area contributed by atoms with E-state index in [-0.39, 0.29) is 35.4 Å². The van der Waals surface area contributed by atoms with Gasteiger partial charge in [0.05, 0.1) is 29.2 Å². The van der Waals surface area contributed by atoms with Crippen molar-refractivity contribution in [3.8, 4) is 6.07 Å². The SMILES string of the molecule is CCOC(=O)c1cc(C#N)c(SCC(=O)N[C@H](C)C2CC2)nc1C.